The minimum absolute atomic E-state index is 0.654. The maximum Gasteiger partial charge on any atom is 0.218 e. The molecule has 0 aromatic carbocycles. The van der Waals surface area contributed by atoms with Crippen LogP contribution in [0.1, 0.15) is 25.7 Å². The lowest BCUT2D eigenvalue weighted by molar-refractivity contribution is 0.371. The number of hydrogen-bond acceptors (Lipinski definition) is 5. The van der Waals surface area contributed by atoms with Crippen LogP contribution in [0.25, 0.3) is 0 Å². The summed E-state index contributed by atoms with van der Waals surface area (Å²) in [6.07, 6.45) is 6.72. The van der Waals surface area contributed by atoms with Gasteiger partial charge in [-0.1, -0.05) is 0 Å². The second-order valence-electron chi connectivity index (χ2n) is 5.50. The van der Waals surface area contributed by atoms with Crippen molar-refractivity contribution in [3.8, 4) is 5.88 Å². The minimum atomic E-state index is 0.654. The summed E-state index contributed by atoms with van der Waals surface area (Å²) in [6.45, 7) is 3.42. The first kappa shape index (κ1) is 12.7. The number of anilines is 1. The highest BCUT2D eigenvalue weighted by Gasteiger charge is 2.32. The number of rotatable bonds is 5. The minimum Gasteiger partial charge on any atom is -0.481 e. The lowest BCUT2D eigenvalue weighted by Gasteiger charge is -2.31. The summed E-state index contributed by atoms with van der Waals surface area (Å²) < 4.78 is 5.21. The fraction of sp³-hybridized carbons (Fsp3) is 0.714. The number of nitrogens with one attached hydrogen (secondary N) is 1. The molecule has 0 spiro atoms. The first-order valence-corrected chi connectivity index (χ1v) is 7.20. The Balaban J connectivity index is 1.72. The molecule has 1 saturated heterocycles. The third kappa shape index (κ3) is 3.15. The molecule has 0 bridgehead atoms. The Labute approximate surface area is 114 Å². The molecule has 0 atom stereocenters. The third-order valence-corrected chi connectivity index (χ3v) is 4.03. The Morgan fingerprint density at radius 3 is 2.74 bits per heavy atom. The molecule has 3 rings (SSSR count). The van der Waals surface area contributed by atoms with Crippen LogP contribution in [0.3, 0.4) is 0 Å². The van der Waals surface area contributed by atoms with Gasteiger partial charge in [0.2, 0.25) is 5.88 Å². The first-order valence-electron chi connectivity index (χ1n) is 7.20. The Kier molecular flexibility index (Phi) is 3.82. The first-order chi connectivity index (χ1) is 9.36. The quantitative estimate of drug-likeness (QED) is 0.870. The van der Waals surface area contributed by atoms with E-state index in [1.165, 1.54) is 25.7 Å². The van der Waals surface area contributed by atoms with Gasteiger partial charge in [-0.3, -0.25) is 0 Å². The maximum absolute atomic E-state index is 5.21. The third-order valence-electron chi connectivity index (χ3n) is 4.03. The number of piperidine rings is 1. The average Bonchev–Trinajstić information content (AvgIpc) is 3.30. The molecule has 1 aromatic heterocycles. The monoisotopic (exact) mass is 262 g/mol. The van der Waals surface area contributed by atoms with Gasteiger partial charge in [0.15, 0.2) is 0 Å². The van der Waals surface area contributed by atoms with Gasteiger partial charge in [-0.25, -0.2) is 9.97 Å². The number of methoxy groups -OCH3 is 1. The van der Waals surface area contributed by atoms with Crippen molar-refractivity contribution in [2.75, 3.05) is 31.6 Å². The zero-order valence-electron chi connectivity index (χ0n) is 11.5. The van der Waals surface area contributed by atoms with Gasteiger partial charge in [-0.05, 0) is 44.7 Å². The molecule has 2 fully saturated rings. The van der Waals surface area contributed by atoms with Crippen LogP contribution in [0.15, 0.2) is 12.4 Å². The van der Waals surface area contributed by atoms with Crippen molar-refractivity contribution >= 4 is 5.82 Å². The van der Waals surface area contributed by atoms with E-state index >= 15 is 0 Å². The van der Waals surface area contributed by atoms with Gasteiger partial charge in [0.05, 0.1) is 7.11 Å². The van der Waals surface area contributed by atoms with Crippen LogP contribution in [0.4, 0.5) is 5.82 Å². The largest absolute Gasteiger partial charge is 0.481 e. The summed E-state index contributed by atoms with van der Waals surface area (Å²) in [7, 11) is 1.65. The van der Waals surface area contributed by atoms with Crippen molar-refractivity contribution in [1.82, 2.24) is 15.3 Å². The second-order valence-corrected chi connectivity index (χ2v) is 5.50. The van der Waals surface area contributed by atoms with E-state index in [1.54, 1.807) is 13.4 Å². The molecule has 5 nitrogen and oxygen atoms in total. The highest BCUT2D eigenvalue weighted by molar-refractivity contribution is 5.43. The topological polar surface area (TPSA) is 50.3 Å². The van der Waals surface area contributed by atoms with E-state index in [2.05, 4.69) is 20.2 Å². The lowest BCUT2D eigenvalue weighted by atomic mass is 9.97. The Morgan fingerprint density at radius 2 is 2.05 bits per heavy atom. The van der Waals surface area contributed by atoms with E-state index in [4.69, 9.17) is 4.74 Å². The maximum atomic E-state index is 5.21. The van der Waals surface area contributed by atoms with Crippen LogP contribution >= 0.6 is 0 Å². The predicted octanol–water partition coefficient (Wildman–Crippen LogP) is 1.45. The molecular formula is C14H22N4O. The zero-order chi connectivity index (χ0) is 13.1. The van der Waals surface area contributed by atoms with Crippen LogP contribution in [-0.2, 0) is 0 Å². The van der Waals surface area contributed by atoms with E-state index in [0.717, 1.165) is 31.4 Å². The highest BCUT2D eigenvalue weighted by Crippen LogP contribution is 2.33. The highest BCUT2D eigenvalue weighted by atomic mass is 16.5. The van der Waals surface area contributed by atoms with Crippen molar-refractivity contribution in [3.63, 3.8) is 0 Å². The van der Waals surface area contributed by atoms with Crippen LogP contribution in [-0.4, -0.2) is 42.8 Å². The Bertz CT molecular complexity index is 416. The molecule has 19 heavy (non-hydrogen) atoms. The van der Waals surface area contributed by atoms with Crippen LogP contribution in [0.2, 0.25) is 0 Å². The van der Waals surface area contributed by atoms with Gasteiger partial charge >= 0.3 is 0 Å². The molecule has 0 amide bonds. The smallest absolute Gasteiger partial charge is 0.218 e. The summed E-state index contributed by atoms with van der Waals surface area (Å²) >= 11 is 0. The van der Waals surface area contributed by atoms with E-state index in [1.807, 2.05) is 6.07 Å². The zero-order valence-corrected chi connectivity index (χ0v) is 11.5. The molecule has 104 valence electrons. The molecule has 2 aliphatic rings. The number of nitrogens with zero attached hydrogens (tertiary/aromatic N) is 3. The van der Waals surface area contributed by atoms with Crippen molar-refractivity contribution in [2.45, 2.75) is 31.7 Å². The van der Waals surface area contributed by atoms with Crippen LogP contribution in [0, 0.1) is 5.92 Å². The van der Waals surface area contributed by atoms with Gasteiger partial charge in [-0.2, -0.15) is 0 Å². The molecular weight excluding hydrogens is 240 g/mol. The number of aromatic nitrogens is 2. The normalized spacial score (nSPS) is 20.3. The van der Waals surface area contributed by atoms with Gasteiger partial charge < -0.3 is 15.0 Å². The fourth-order valence-electron chi connectivity index (χ4n) is 2.76. The molecule has 0 radical (unpaired) electrons. The van der Waals surface area contributed by atoms with Crippen molar-refractivity contribution < 1.29 is 4.74 Å². The summed E-state index contributed by atoms with van der Waals surface area (Å²) in [5.41, 5.74) is 0. The van der Waals surface area contributed by atoms with E-state index < -0.39 is 0 Å². The number of ether oxygens (including phenoxy) is 1. The average molecular weight is 262 g/mol. The SMILES string of the molecule is COc1cc(N(CC2CCNCC2)C2CC2)ncn1. The summed E-state index contributed by atoms with van der Waals surface area (Å²) in [6, 6.07) is 2.63. The summed E-state index contributed by atoms with van der Waals surface area (Å²) in [5.74, 6) is 2.46. The van der Waals surface area contributed by atoms with Crippen molar-refractivity contribution in [1.29, 1.82) is 0 Å². The molecule has 0 unspecified atom stereocenters. The van der Waals surface area contributed by atoms with Gasteiger partial charge in [0.1, 0.15) is 12.1 Å². The molecule has 1 N–H and O–H groups in total. The molecule has 1 saturated carbocycles. The van der Waals surface area contributed by atoms with Gasteiger partial charge in [-0.15, -0.1) is 0 Å². The standard InChI is InChI=1S/C14H22N4O/c1-19-14-8-13(16-10-17-14)18(12-2-3-12)9-11-4-6-15-7-5-11/h8,10-12,15H,2-7,9H2,1H3. The fourth-order valence-corrected chi connectivity index (χ4v) is 2.76. The summed E-state index contributed by atoms with van der Waals surface area (Å²) in [5, 5.41) is 3.43. The molecule has 1 aromatic rings. The van der Waals surface area contributed by atoms with E-state index in [0.29, 0.717) is 11.9 Å². The molecule has 1 aliphatic heterocycles. The van der Waals surface area contributed by atoms with Crippen LogP contribution in [0.5, 0.6) is 5.88 Å². The van der Waals surface area contributed by atoms with E-state index in [9.17, 15) is 0 Å². The van der Waals surface area contributed by atoms with Crippen LogP contribution < -0.4 is 15.0 Å². The van der Waals surface area contributed by atoms with Crippen molar-refractivity contribution in [2.24, 2.45) is 5.92 Å². The van der Waals surface area contributed by atoms with E-state index in [-0.39, 0.29) is 0 Å². The van der Waals surface area contributed by atoms with Crippen molar-refractivity contribution in [3.05, 3.63) is 12.4 Å². The Morgan fingerprint density at radius 1 is 1.26 bits per heavy atom. The predicted molar refractivity (Wildman–Crippen MR) is 74.5 cm³/mol. The molecule has 5 heteroatoms. The summed E-state index contributed by atoms with van der Waals surface area (Å²) in [4.78, 5) is 11.0. The van der Waals surface area contributed by atoms with Gasteiger partial charge in [0.25, 0.3) is 0 Å². The lowest BCUT2D eigenvalue weighted by Crippen LogP contribution is -2.37. The second kappa shape index (κ2) is 5.74. The number of hydrogen-bond donors (Lipinski definition) is 1. The Hall–Kier alpha value is -1.36. The van der Waals surface area contributed by atoms with Gasteiger partial charge in [0, 0.05) is 18.7 Å². The molecule has 1 aliphatic carbocycles. The molecule has 2 heterocycles.